The lowest BCUT2D eigenvalue weighted by Gasteiger charge is -1.95. The van der Waals surface area contributed by atoms with Crippen molar-refractivity contribution in [1.82, 2.24) is 0 Å². The molecule has 0 aliphatic carbocycles. The zero-order valence-electron chi connectivity index (χ0n) is 6.27. The highest BCUT2D eigenvalue weighted by atomic mass is 35.5. The normalized spacial score (nSPS) is 20.4. The van der Waals surface area contributed by atoms with E-state index in [9.17, 15) is 4.21 Å². The van der Waals surface area contributed by atoms with Gasteiger partial charge in [0.2, 0.25) is 0 Å². The summed E-state index contributed by atoms with van der Waals surface area (Å²) in [4.78, 5) is 0. The van der Waals surface area contributed by atoms with Crippen molar-refractivity contribution < 1.29 is 12.7 Å². The Morgan fingerprint density at radius 3 is 2.54 bits per heavy atom. The molecule has 1 aliphatic heterocycles. The van der Waals surface area contributed by atoms with Crippen LogP contribution in [0.2, 0.25) is 5.02 Å². The Morgan fingerprint density at radius 2 is 2.00 bits per heavy atom. The predicted molar refractivity (Wildman–Crippen MR) is 48.3 cm³/mol. The van der Waals surface area contributed by atoms with Crippen molar-refractivity contribution in [3.05, 3.63) is 34.9 Å². The van der Waals surface area contributed by atoms with Crippen LogP contribution in [0.3, 0.4) is 0 Å². The maximum absolute atomic E-state index is 10.6. The highest BCUT2D eigenvalue weighted by Gasteiger charge is 2.18. The number of hydrogen-bond donors (Lipinski definition) is 0. The molecule has 1 aliphatic rings. The monoisotopic (exact) mass is 217 g/mol. The minimum Gasteiger partial charge on any atom is -0.345 e. The average Bonchev–Trinajstić information content (AvgIpc) is 2.53. The van der Waals surface area contributed by atoms with Gasteiger partial charge in [-0.25, -0.2) is 0 Å². The number of benzene rings is 1. The molecular formula is C7H4ClNO3S. The summed E-state index contributed by atoms with van der Waals surface area (Å²) in [7, 11) is 0. The number of hydrogen-bond acceptors (Lipinski definition) is 4. The number of oxime groups is 1. The Bertz CT molecular complexity index is 376. The van der Waals surface area contributed by atoms with Gasteiger partial charge < -0.3 is 4.18 Å². The van der Waals surface area contributed by atoms with Crippen LogP contribution >= 0.6 is 11.6 Å². The second-order valence-corrected chi connectivity index (χ2v) is 3.43. The second kappa shape index (κ2) is 3.35. The van der Waals surface area contributed by atoms with Crippen LogP contribution in [0.5, 0.6) is 0 Å². The summed E-state index contributed by atoms with van der Waals surface area (Å²) in [6.45, 7) is 0. The molecule has 2 rings (SSSR count). The van der Waals surface area contributed by atoms with Gasteiger partial charge in [0.15, 0.2) is 0 Å². The van der Waals surface area contributed by atoms with Crippen LogP contribution in [0, 0.1) is 0 Å². The van der Waals surface area contributed by atoms with E-state index in [1.807, 2.05) is 0 Å². The molecule has 0 bridgehead atoms. The molecule has 0 N–H and O–H groups in total. The summed E-state index contributed by atoms with van der Waals surface area (Å²) in [5.41, 5.74) is 0.676. The van der Waals surface area contributed by atoms with Gasteiger partial charge in [-0.15, -0.1) is 0 Å². The lowest BCUT2D eigenvalue weighted by Crippen LogP contribution is -2.00. The quantitative estimate of drug-likeness (QED) is 0.718. The molecule has 0 aromatic heterocycles. The summed E-state index contributed by atoms with van der Waals surface area (Å²) in [6, 6.07) is 6.77. The zero-order valence-corrected chi connectivity index (χ0v) is 7.84. The van der Waals surface area contributed by atoms with Crippen LogP contribution in [0.4, 0.5) is 0 Å². The van der Waals surface area contributed by atoms with Crippen molar-refractivity contribution >= 4 is 28.9 Å². The smallest absolute Gasteiger partial charge is 0.345 e. The average molecular weight is 218 g/mol. The SMILES string of the molecule is O=S1ON=C(c2ccc(Cl)cc2)O1. The van der Waals surface area contributed by atoms with E-state index >= 15 is 0 Å². The molecule has 0 spiro atoms. The summed E-state index contributed by atoms with van der Waals surface area (Å²) in [5.74, 6) is 0.204. The van der Waals surface area contributed by atoms with E-state index in [0.717, 1.165) is 0 Å². The molecule has 1 heterocycles. The summed E-state index contributed by atoms with van der Waals surface area (Å²) < 4.78 is 19.7. The molecule has 0 saturated heterocycles. The van der Waals surface area contributed by atoms with Gasteiger partial charge in [0.05, 0.1) is 0 Å². The Balaban J connectivity index is 2.27. The first-order chi connectivity index (χ1) is 6.25. The molecule has 0 amide bonds. The molecular weight excluding hydrogens is 214 g/mol. The molecule has 1 atom stereocenters. The lowest BCUT2D eigenvalue weighted by molar-refractivity contribution is 0.371. The summed E-state index contributed by atoms with van der Waals surface area (Å²) >= 11 is 3.88. The molecule has 0 radical (unpaired) electrons. The molecule has 4 nitrogen and oxygen atoms in total. The van der Waals surface area contributed by atoms with E-state index in [1.165, 1.54) is 0 Å². The fraction of sp³-hybridized carbons (Fsp3) is 0. The molecule has 1 aromatic carbocycles. The first kappa shape index (κ1) is 8.52. The van der Waals surface area contributed by atoms with Crippen molar-refractivity contribution in [3.8, 4) is 0 Å². The van der Waals surface area contributed by atoms with Crippen molar-refractivity contribution in [3.63, 3.8) is 0 Å². The second-order valence-electron chi connectivity index (χ2n) is 2.27. The minimum atomic E-state index is -1.80. The summed E-state index contributed by atoms with van der Waals surface area (Å²) in [5, 5.41) is 4.08. The van der Waals surface area contributed by atoms with Crippen molar-refractivity contribution in [1.29, 1.82) is 0 Å². The van der Waals surface area contributed by atoms with E-state index in [2.05, 4.69) is 9.44 Å². The standard InChI is InChI=1S/C7H4ClNO3S/c8-6-3-1-5(2-4-6)7-9-12-13(10)11-7/h1-4H. The minimum absolute atomic E-state index is 0.204. The van der Waals surface area contributed by atoms with Gasteiger partial charge in [-0.2, -0.15) is 4.21 Å². The van der Waals surface area contributed by atoms with Gasteiger partial charge in [0.25, 0.3) is 5.90 Å². The fourth-order valence-corrected chi connectivity index (χ4v) is 1.39. The highest BCUT2D eigenvalue weighted by Crippen LogP contribution is 2.14. The first-order valence-electron chi connectivity index (χ1n) is 3.37. The predicted octanol–water partition coefficient (Wildman–Crippen LogP) is 1.63. The lowest BCUT2D eigenvalue weighted by atomic mass is 10.2. The van der Waals surface area contributed by atoms with Crippen LogP contribution in [0.15, 0.2) is 29.4 Å². The number of rotatable bonds is 1. The van der Waals surface area contributed by atoms with Gasteiger partial charge in [-0.05, 0) is 29.4 Å². The third kappa shape index (κ3) is 1.81. The van der Waals surface area contributed by atoms with Crippen LogP contribution in [-0.4, -0.2) is 10.1 Å². The van der Waals surface area contributed by atoms with Crippen LogP contribution in [0.25, 0.3) is 0 Å². The number of halogens is 1. The third-order valence-electron chi connectivity index (χ3n) is 1.42. The van der Waals surface area contributed by atoms with E-state index in [-0.39, 0.29) is 5.90 Å². The Morgan fingerprint density at radius 1 is 1.31 bits per heavy atom. The molecule has 13 heavy (non-hydrogen) atoms. The fourth-order valence-electron chi connectivity index (χ4n) is 0.852. The third-order valence-corrected chi connectivity index (χ3v) is 2.16. The maximum Gasteiger partial charge on any atom is 0.441 e. The van der Waals surface area contributed by atoms with Crippen molar-refractivity contribution in [2.24, 2.45) is 5.16 Å². The van der Waals surface area contributed by atoms with E-state index in [0.29, 0.717) is 10.6 Å². The van der Waals surface area contributed by atoms with Crippen molar-refractivity contribution in [2.75, 3.05) is 0 Å². The van der Waals surface area contributed by atoms with Gasteiger partial charge >= 0.3 is 11.4 Å². The topological polar surface area (TPSA) is 47.9 Å². The van der Waals surface area contributed by atoms with Gasteiger partial charge in [0.1, 0.15) is 0 Å². The molecule has 1 unspecified atom stereocenters. The van der Waals surface area contributed by atoms with Gasteiger partial charge in [-0.1, -0.05) is 11.6 Å². The molecule has 68 valence electrons. The Kier molecular flexibility index (Phi) is 2.20. The van der Waals surface area contributed by atoms with Crippen LogP contribution in [0.1, 0.15) is 5.56 Å². The van der Waals surface area contributed by atoms with Crippen LogP contribution in [-0.2, 0) is 19.8 Å². The van der Waals surface area contributed by atoms with E-state index in [1.54, 1.807) is 24.3 Å². The highest BCUT2D eigenvalue weighted by molar-refractivity contribution is 7.75. The van der Waals surface area contributed by atoms with Crippen LogP contribution < -0.4 is 0 Å². The zero-order chi connectivity index (χ0) is 9.26. The molecule has 0 saturated carbocycles. The van der Waals surface area contributed by atoms with Gasteiger partial charge in [-0.3, -0.25) is 4.28 Å². The molecule has 0 fully saturated rings. The van der Waals surface area contributed by atoms with E-state index in [4.69, 9.17) is 15.8 Å². The van der Waals surface area contributed by atoms with Crippen molar-refractivity contribution in [2.45, 2.75) is 0 Å². The summed E-state index contributed by atoms with van der Waals surface area (Å²) in [6.07, 6.45) is 0. The largest absolute Gasteiger partial charge is 0.441 e. The maximum atomic E-state index is 10.6. The van der Waals surface area contributed by atoms with E-state index < -0.39 is 11.4 Å². The molecule has 6 heteroatoms. The number of nitrogens with zero attached hydrogens (tertiary/aromatic N) is 1. The van der Waals surface area contributed by atoms with Gasteiger partial charge in [0, 0.05) is 10.6 Å². The Labute approximate surface area is 82.0 Å². The molecule has 1 aromatic rings. The Hall–Kier alpha value is -1.07. The first-order valence-corrected chi connectivity index (χ1v) is 4.75.